The van der Waals surface area contributed by atoms with Gasteiger partial charge in [0.15, 0.2) is 5.82 Å². The van der Waals surface area contributed by atoms with E-state index in [0.717, 1.165) is 12.8 Å². The highest BCUT2D eigenvalue weighted by molar-refractivity contribution is 5.76. The van der Waals surface area contributed by atoms with Crippen molar-refractivity contribution in [3.05, 3.63) is 11.7 Å². The molecule has 1 atom stereocenters. The normalized spacial score (nSPS) is 16.4. The van der Waals surface area contributed by atoms with Gasteiger partial charge in [-0.15, -0.1) is 0 Å². The van der Waals surface area contributed by atoms with Gasteiger partial charge in [-0.2, -0.15) is 4.98 Å². The summed E-state index contributed by atoms with van der Waals surface area (Å²) in [7, 11) is 0. The molecule has 0 bridgehead atoms. The third-order valence-electron chi connectivity index (χ3n) is 3.54. The average molecular weight is 281 g/mol. The van der Waals surface area contributed by atoms with Crippen molar-refractivity contribution < 1.29 is 14.4 Å². The minimum absolute atomic E-state index is 0.0142. The minimum atomic E-state index is -0.0142. The van der Waals surface area contributed by atoms with Crippen molar-refractivity contribution in [3.63, 3.8) is 0 Å². The molecule has 0 aromatic carbocycles. The Morgan fingerprint density at radius 3 is 2.80 bits per heavy atom. The second-order valence-corrected chi connectivity index (χ2v) is 5.72. The van der Waals surface area contributed by atoms with Gasteiger partial charge in [0.05, 0.1) is 0 Å². The molecule has 1 unspecified atom stereocenters. The molecule has 1 fully saturated rings. The maximum Gasteiger partial charge on any atom is 0.227 e. The van der Waals surface area contributed by atoms with E-state index >= 15 is 0 Å². The summed E-state index contributed by atoms with van der Waals surface area (Å²) >= 11 is 0. The molecular weight excluding hydrogens is 258 g/mol. The summed E-state index contributed by atoms with van der Waals surface area (Å²) in [6, 6.07) is 0.112. The zero-order valence-corrected chi connectivity index (χ0v) is 12.1. The number of nitrogens with one attached hydrogen (secondary N) is 1. The Labute approximate surface area is 118 Å². The molecule has 1 aliphatic rings. The van der Waals surface area contributed by atoms with Gasteiger partial charge in [-0.05, 0) is 25.2 Å². The van der Waals surface area contributed by atoms with Crippen LogP contribution in [-0.2, 0) is 11.2 Å². The van der Waals surface area contributed by atoms with Gasteiger partial charge < -0.3 is 14.9 Å². The number of aryl methyl sites for hydroxylation is 1. The van der Waals surface area contributed by atoms with Crippen molar-refractivity contribution in [3.8, 4) is 0 Å². The van der Waals surface area contributed by atoms with Gasteiger partial charge in [0.2, 0.25) is 11.8 Å². The maximum absolute atomic E-state index is 11.9. The van der Waals surface area contributed by atoms with Crippen molar-refractivity contribution in [2.24, 2.45) is 5.92 Å². The summed E-state index contributed by atoms with van der Waals surface area (Å²) < 4.78 is 5.11. The molecule has 0 saturated heterocycles. The van der Waals surface area contributed by atoms with Gasteiger partial charge in [0.25, 0.3) is 0 Å². The second-order valence-electron chi connectivity index (χ2n) is 5.72. The molecule has 1 heterocycles. The Morgan fingerprint density at radius 1 is 1.50 bits per heavy atom. The lowest BCUT2D eigenvalue weighted by atomic mass is 10.1. The van der Waals surface area contributed by atoms with Crippen LogP contribution in [0.4, 0.5) is 0 Å². The second kappa shape index (κ2) is 6.83. The number of aliphatic hydroxyl groups excluding tert-OH is 1. The molecule has 1 saturated carbocycles. The number of carbonyl (C=O) groups is 1. The summed E-state index contributed by atoms with van der Waals surface area (Å²) in [6.07, 6.45) is 3.73. The van der Waals surface area contributed by atoms with Gasteiger partial charge in [-0.25, -0.2) is 0 Å². The van der Waals surface area contributed by atoms with Crippen LogP contribution in [0, 0.1) is 5.92 Å². The van der Waals surface area contributed by atoms with Crippen LogP contribution in [-0.4, -0.2) is 33.8 Å². The monoisotopic (exact) mass is 281 g/mol. The Bertz CT molecular complexity index is 441. The predicted octanol–water partition coefficient (Wildman–Crippen LogP) is 1.40. The van der Waals surface area contributed by atoms with E-state index in [-0.39, 0.29) is 24.5 Å². The molecule has 20 heavy (non-hydrogen) atoms. The van der Waals surface area contributed by atoms with Crippen molar-refractivity contribution >= 4 is 5.91 Å². The molecule has 2 N–H and O–H groups in total. The fraction of sp³-hybridized carbons (Fsp3) is 0.786. The lowest BCUT2D eigenvalue weighted by Gasteiger charge is -2.16. The molecule has 1 amide bonds. The largest absolute Gasteiger partial charge is 0.396 e. The molecule has 0 spiro atoms. The molecule has 0 radical (unpaired) electrons. The van der Waals surface area contributed by atoms with E-state index in [1.54, 1.807) is 0 Å². The maximum atomic E-state index is 11.9. The van der Waals surface area contributed by atoms with E-state index in [9.17, 15) is 4.79 Å². The predicted molar refractivity (Wildman–Crippen MR) is 73.1 cm³/mol. The standard InChI is InChI=1S/C14H23N3O3/c1-9(2)14-16-13(20-17-14)6-5-12(19)15-11(7-8-18)10-3-4-10/h9-11,18H,3-8H2,1-2H3,(H,15,19). The first kappa shape index (κ1) is 15.0. The Hall–Kier alpha value is -1.43. The van der Waals surface area contributed by atoms with Crippen molar-refractivity contribution in [2.75, 3.05) is 6.61 Å². The van der Waals surface area contributed by atoms with E-state index < -0.39 is 0 Å². The van der Waals surface area contributed by atoms with Gasteiger partial charge in [0, 0.05) is 31.4 Å². The fourth-order valence-corrected chi connectivity index (χ4v) is 2.17. The molecular formula is C14H23N3O3. The summed E-state index contributed by atoms with van der Waals surface area (Å²) in [5.41, 5.74) is 0. The number of carbonyl (C=O) groups excluding carboxylic acids is 1. The number of aromatic nitrogens is 2. The number of hydrogen-bond donors (Lipinski definition) is 2. The molecule has 2 rings (SSSR count). The van der Waals surface area contributed by atoms with Crippen LogP contribution < -0.4 is 5.32 Å². The van der Waals surface area contributed by atoms with E-state index in [4.69, 9.17) is 9.63 Å². The topological polar surface area (TPSA) is 88.2 Å². The van der Waals surface area contributed by atoms with Gasteiger partial charge in [-0.1, -0.05) is 19.0 Å². The van der Waals surface area contributed by atoms with Crippen LogP contribution in [0.2, 0.25) is 0 Å². The average Bonchev–Trinajstić information content (AvgIpc) is 3.14. The highest BCUT2D eigenvalue weighted by Crippen LogP contribution is 2.33. The van der Waals surface area contributed by atoms with Crippen LogP contribution in [0.3, 0.4) is 0 Å². The van der Waals surface area contributed by atoms with Gasteiger partial charge >= 0.3 is 0 Å². The van der Waals surface area contributed by atoms with E-state index in [2.05, 4.69) is 15.5 Å². The molecule has 112 valence electrons. The summed E-state index contributed by atoms with van der Waals surface area (Å²) in [5.74, 6) is 1.94. The fourth-order valence-electron chi connectivity index (χ4n) is 2.17. The lowest BCUT2D eigenvalue weighted by Crippen LogP contribution is -2.37. The van der Waals surface area contributed by atoms with E-state index in [1.165, 1.54) is 0 Å². The quantitative estimate of drug-likeness (QED) is 0.752. The first-order valence-electron chi connectivity index (χ1n) is 7.33. The molecule has 1 aromatic heterocycles. The number of hydrogen-bond acceptors (Lipinski definition) is 5. The number of aliphatic hydroxyl groups is 1. The summed E-state index contributed by atoms with van der Waals surface area (Å²) in [5, 5.41) is 15.9. The van der Waals surface area contributed by atoms with Crippen LogP contribution in [0.15, 0.2) is 4.52 Å². The van der Waals surface area contributed by atoms with Crippen LogP contribution in [0.5, 0.6) is 0 Å². The van der Waals surface area contributed by atoms with E-state index in [0.29, 0.717) is 36.9 Å². The van der Waals surface area contributed by atoms with Crippen molar-refractivity contribution in [1.29, 1.82) is 0 Å². The van der Waals surface area contributed by atoms with Crippen LogP contribution in [0.1, 0.15) is 57.2 Å². The summed E-state index contributed by atoms with van der Waals surface area (Å²) in [6.45, 7) is 4.11. The Kier molecular flexibility index (Phi) is 5.11. The zero-order valence-electron chi connectivity index (χ0n) is 12.1. The Morgan fingerprint density at radius 2 is 2.25 bits per heavy atom. The molecule has 0 aliphatic heterocycles. The van der Waals surface area contributed by atoms with Crippen LogP contribution >= 0.6 is 0 Å². The van der Waals surface area contributed by atoms with Gasteiger partial charge in [-0.3, -0.25) is 4.79 Å². The number of rotatable bonds is 8. The SMILES string of the molecule is CC(C)c1noc(CCC(=O)NC(CCO)C2CC2)n1. The minimum Gasteiger partial charge on any atom is -0.396 e. The Balaban J connectivity index is 1.76. The van der Waals surface area contributed by atoms with Crippen LogP contribution in [0.25, 0.3) is 0 Å². The smallest absolute Gasteiger partial charge is 0.227 e. The molecule has 6 heteroatoms. The molecule has 6 nitrogen and oxygen atoms in total. The van der Waals surface area contributed by atoms with Gasteiger partial charge in [0.1, 0.15) is 0 Å². The highest BCUT2D eigenvalue weighted by atomic mass is 16.5. The first-order chi connectivity index (χ1) is 9.60. The third-order valence-corrected chi connectivity index (χ3v) is 3.54. The highest BCUT2D eigenvalue weighted by Gasteiger charge is 2.31. The van der Waals surface area contributed by atoms with Crippen molar-refractivity contribution in [2.45, 2.75) is 57.9 Å². The zero-order chi connectivity index (χ0) is 14.5. The van der Waals surface area contributed by atoms with Crippen molar-refractivity contribution in [1.82, 2.24) is 15.5 Å². The summed E-state index contributed by atoms with van der Waals surface area (Å²) in [4.78, 5) is 16.1. The van der Waals surface area contributed by atoms with E-state index in [1.807, 2.05) is 13.8 Å². The third kappa shape index (κ3) is 4.30. The molecule has 1 aromatic rings. The first-order valence-corrected chi connectivity index (χ1v) is 7.33. The number of amides is 1. The lowest BCUT2D eigenvalue weighted by molar-refractivity contribution is -0.122. The number of nitrogens with zero attached hydrogens (tertiary/aromatic N) is 2. The molecule has 1 aliphatic carbocycles.